The van der Waals surface area contributed by atoms with Gasteiger partial charge in [0.2, 0.25) is 0 Å². The van der Waals surface area contributed by atoms with Gasteiger partial charge < -0.3 is 4.90 Å². The van der Waals surface area contributed by atoms with Gasteiger partial charge >= 0.3 is 0 Å². The Hall–Kier alpha value is 0.250. The third-order valence-corrected chi connectivity index (χ3v) is 4.19. The summed E-state index contributed by atoms with van der Waals surface area (Å²) in [7, 11) is 0. The number of likely N-dealkylation sites (tertiary alicyclic amines) is 1. The maximum atomic E-state index is 5.88. The molecule has 0 atom stereocenters. The van der Waals surface area contributed by atoms with Gasteiger partial charge in [-0.25, -0.2) is 0 Å². The van der Waals surface area contributed by atoms with Crippen LogP contribution in [0.15, 0.2) is 0 Å². The molecule has 0 spiro atoms. The molecule has 0 aliphatic carbocycles. The Kier molecular flexibility index (Phi) is 8.32. The van der Waals surface area contributed by atoms with E-state index in [1.54, 1.807) is 0 Å². The lowest BCUT2D eigenvalue weighted by Gasteiger charge is -2.30. The number of hydrogen-bond acceptors (Lipinski definition) is 1. The molecule has 1 saturated heterocycles. The molecule has 1 aliphatic rings. The summed E-state index contributed by atoms with van der Waals surface area (Å²) >= 11 is 5.88. The highest BCUT2D eigenvalue weighted by Crippen LogP contribution is 2.18. The molecule has 0 radical (unpaired) electrons. The minimum Gasteiger partial charge on any atom is -0.303 e. The van der Waals surface area contributed by atoms with Gasteiger partial charge in [-0.05, 0) is 44.8 Å². The van der Waals surface area contributed by atoms with E-state index in [-0.39, 0.29) is 0 Å². The quantitative estimate of drug-likeness (QED) is 0.455. The van der Waals surface area contributed by atoms with Crippen LogP contribution in [0.5, 0.6) is 0 Å². The minimum absolute atomic E-state index is 0.794. The van der Waals surface area contributed by atoms with Gasteiger partial charge in [0.05, 0.1) is 0 Å². The lowest BCUT2D eigenvalue weighted by molar-refractivity contribution is 0.190. The summed E-state index contributed by atoms with van der Waals surface area (Å²) in [6.07, 6.45) is 11.1. The first-order chi connectivity index (χ1) is 7.86. The zero-order chi connectivity index (χ0) is 11.6. The molecular formula is C14H28ClN. The Bertz CT molecular complexity index is 153. The summed E-state index contributed by atoms with van der Waals surface area (Å²) in [6, 6.07) is 0. The van der Waals surface area contributed by atoms with Crippen LogP contribution in [0.1, 0.15) is 58.3 Å². The molecule has 1 fully saturated rings. The molecule has 0 amide bonds. The molecular weight excluding hydrogens is 218 g/mol. The standard InChI is InChI=1S/C14H28ClN/c1-2-3-4-5-6-7-10-16-11-8-14(13-15)9-12-16/h14H,2-13H2,1H3. The van der Waals surface area contributed by atoms with Crippen LogP contribution >= 0.6 is 11.6 Å². The van der Waals surface area contributed by atoms with Crippen LogP contribution in [-0.2, 0) is 0 Å². The highest BCUT2D eigenvalue weighted by molar-refractivity contribution is 6.18. The van der Waals surface area contributed by atoms with Gasteiger partial charge in [-0.1, -0.05) is 39.0 Å². The molecule has 0 bridgehead atoms. The number of unbranched alkanes of at least 4 members (excludes halogenated alkanes) is 5. The Balaban J connectivity index is 1.90. The van der Waals surface area contributed by atoms with Gasteiger partial charge in [0.25, 0.3) is 0 Å². The monoisotopic (exact) mass is 245 g/mol. The number of piperidine rings is 1. The van der Waals surface area contributed by atoms with Crippen molar-refractivity contribution >= 4 is 11.6 Å². The van der Waals surface area contributed by atoms with Crippen molar-refractivity contribution in [2.75, 3.05) is 25.5 Å². The van der Waals surface area contributed by atoms with Crippen molar-refractivity contribution in [2.45, 2.75) is 58.3 Å². The second kappa shape index (κ2) is 9.30. The third-order valence-electron chi connectivity index (χ3n) is 3.75. The Morgan fingerprint density at radius 2 is 1.62 bits per heavy atom. The molecule has 1 heterocycles. The van der Waals surface area contributed by atoms with Gasteiger partial charge in [-0.15, -0.1) is 11.6 Å². The number of alkyl halides is 1. The zero-order valence-corrected chi connectivity index (χ0v) is 11.6. The molecule has 0 aromatic heterocycles. The molecule has 0 N–H and O–H groups in total. The predicted molar refractivity (Wildman–Crippen MR) is 73.3 cm³/mol. The molecule has 0 saturated carbocycles. The maximum absolute atomic E-state index is 5.88. The summed E-state index contributed by atoms with van der Waals surface area (Å²) in [6.45, 7) is 6.17. The average molecular weight is 246 g/mol. The molecule has 1 nitrogen and oxygen atoms in total. The molecule has 2 heteroatoms. The fourth-order valence-corrected chi connectivity index (χ4v) is 2.79. The van der Waals surface area contributed by atoms with Crippen molar-refractivity contribution < 1.29 is 0 Å². The fourth-order valence-electron chi connectivity index (χ4n) is 2.48. The molecule has 0 aromatic carbocycles. The maximum Gasteiger partial charge on any atom is 0.0252 e. The number of nitrogens with zero attached hydrogens (tertiary/aromatic N) is 1. The SMILES string of the molecule is CCCCCCCCN1CCC(CCl)CC1. The van der Waals surface area contributed by atoms with Crippen LogP contribution < -0.4 is 0 Å². The number of hydrogen-bond donors (Lipinski definition) is 0. The lowest BCUT2D eigenvalue weighted by atomic mass is 9.99. The van der Waals surface area contributed by atoms with Crippen molar-refractivity contribution in [3.63, 3.8) is 0 Å². The van der Waals surface area contributed by atoms with E-state index in [4.69, 9.17) is 11.6 Å². The molecule has 1 aliphatic heterocycles. The Morgan fingerprint density at radius 3 is 2.25 bits per heavy atom. The van der Waals surface area contributed by atoms with Crippen molar-refractivity contribution in [1.29, 1.82) is 0 Å². The van der Waals surface area contributed by atoms with E-state index in [9.17, 15) is 0 Å². The van der Waals surface area contributed by atoms with Crippen LogP contribution in [-0.4, -0.2) is 30.4 Å². The van der Waals surface area contributed by atoms with E-state index in [0.29, 0.717) is 0 Å². The summed E-state index contributed by atoms with van der Waals surface area (Å²) in [5, 5.41) is 0. The summed E-state index contributed by atoms with van der Waals surface area (Å²) in [5.41, 5.74) is 0. The van der Waals surface area contributed by atoms with Crippen LogP contribution in [0.2, 0.25) is 0 Å². The first-order valence-electron chi connectivity index (χ1n) is 7.15. The Labute approximate surface area is 107 Å². The lowest BCUT2D eigenvalue weighted by Crippen LogP contribution is -2.34. The summed E-state index contributed by atoms with van der Waals surface area (Å²) < 4.78 is 0. The second-order valence-corrected chi connectivity index (χ2v) is 5.52. The van der Waals surface area contributed by atoms with Crippen molar-refractivity contribution in [3.8, 4) is 0 Å². The van der Waals surface area contributed by atoms with E-state index < -0.39 is 0 Å². The second-order valence-electron chi connectivity index (χ2n) is 5.21. The highest BCUT2D eigenvalue weighted by Gasteiger charge is 2.17. The number of halogens is 1. The van der Waals surface area contributed by atoms with Crippen LogP contribution in [0.3, 0.4) is 0 Å². The average Bonchev–Trinajstić information content (AvgIpc) is 2.34. The largest absolute Gasteiger partial charge is 0.303 e. The first kappa shape index (κ1) is 14.3. The highest BCUT2D eigenvalue weighted by atomic mass is 35.5. The normalized spacial score (nSPS) is 19.1. The van der Waals surface area contributed by atoms with E-state index in [1.807, 2.05) is 0 Å². The van der Waals surface area contributed by atoms with E-state index >= 15 is 0 Å². The molecule has 16 heavy (non-hydrogen) atoms. The summed E-state index contributed by atoms with van der Waals surface area (Å²) in [4.78, 5) is 2.63. The minimum atomic E-state index is 0.794. The molecule has 0 unspecified atom stereocenters. The van der Waals surface area contributed by atoms with Crippen molar-refractivity contribution in [2.24, 2.45) is 5.92 Å². The van der Waals surface area contributed by atoms with Gasteiger partial charge in [0, 0.05) is 5.88 Å². The fraction of sp³-hybridized carbons (Fsp3) is 1.00. The molecule has 1 rings (SSSR count). The Morgan fingerprint density at radius 1 is 1.00 bits per heavy atom. The predicted octanol–water partition coefficient (Wildman–Crippen LogP) is 4.30. The van der Waals surface area contributed by atoms with E-state index in [1.165, 1.54) is 71.0 Å². The van der Waals surface area contributed by atoms with Gasteiger partial charge in [-0.3, -0.25) is 0 Å². The van der Waals surface area contributed by atoms with E-state index in [2.05, 4.69) is 11.8 Å². The van der Waals surface area contributed by atoms with Gasteiger partial charge in [0.1, 0.15) is 0 Å². The summed E-state index contributed by atoms with van der Waals surface area (Å²) in [5.74, 6) is 1.66. The van der Waals surface area contributed by atoms with Crippen LogP contribution in [0.4, 0.5) is 0 Å². The van der Waals surface area contributed by atoms with Crippen molar-refractivity contribution in [1.82, 2.24) is 4.90 Å². The van der Waals surface area contributed by atoms with E-state index in [0.717, 1.165) is 11.8 Å². The van der Waals surface area contributed by atoms with Gasteiger partial charge in [0.15, 0.2) is 0 Å². The number of rotatable bonds is 8. The topological polar surface area (TPSA) is 3.24 Å². The van der Waals surface area contributed by atoms with Crippen molar-refractivity contribution in [3.05, 3.63) is 0 Å². The van der Waals surface area contributed by atoms with Crippen LogP contribution in [0.25, 0.3) is 0 Å². The molecule has 96 valence electrons. The zero-order valence-electron chi connectivity index (χ0n) is 10.9. The first-order valence-corrected chi connectivity index (χ1v) is 7.68. The molecule has 0 aromatic rings. The third kappa shape index (κ3) is 6.10. The smallest absolute Gasteiger partial charge is 0.0252 e. The van der Waals surface area contributed by atoms with Crippen LogP contribution in [0, 0.1) is 5.92 Å². The van der Waals surface area contributed by atoms with Gasteiger partial charge in [-0.2, -0.15) is 0 Å².